The highest BCUT2D eigenvalue weighted by Gasteiger charge is 2.21. The second-order valence-electron chi connectivity index (χ2n) is 8.43. The predicted molar refractivity (Wildman–Crippen MR) is 132 cm³/mol. The van der Waals surface area contributed by atoms with E-state index >= 15 is 0 Å². The summed E-state index contributed by atoms with van der Waals surface area (Å²) in [7, 11) is 3.48. The molecule has 0 atom stereocenters. The maximum absolute atomic E-state index is 13.5. The number of hydrogen-bond acceptors (Lipinski definition) is 4. The van der Waals surface area contributed by atoms with Crippen molar-refractivity contribution in [2.45, 2.75) is 40.2 Å². The van der Waals surface area contributed by atoms with Gasteiger partial charge in [-0.05, 0) is 56.0 Å². The Morgan fingerprint density at radius 2 is 1.73 bits per heavy atom. The maximum atomic E-state index is 13.5. The summed E-state index contributed by atoms with van der Waals surface area (Å²) < 4.78 is 7.21. The molecule has 2 heterocycles. The van der Waals surface area contributed by atoms with Gasteiger partial charge >= 0.3 is 0 Å². The van der Waals surface area contributed by atoms with Crippen molar-refractivity contribution in [1.29, 1.82) is 0 Å². The van der Waals surface area contributed by atoms with Gasteiger partial charge in [0.1, 0.15) is 0 Å². The van der Waals surface area contributed by atoms with Crippen LogP contribution in [-0.2, 0) is 24.8 Å². The van der Waals surface area contributed by atoms with Gasteiger partial charge in [-0.25, -0.2) is 9.67 Å². The normalized spacial score (nSPS) is 11.1. The van der Waals surface area contributed by atoms with Crippen molar-refractivity contribution >= 4 is 22.6 Å². The summed E-state index contributed by atoms with van der Waals surface area (Å²) >= 11 is 0. The summed E-state index contributed by atoms with van der Waals surface area (Å²) in [6.45, 7) is 6.64. The van der Waals surface area contributed by atoms with E-state index in [-0.39, 0.29) is 5.91 Å². The fourth-order valence-corrected chi connectivity index (χ4v) is 4.29. The fourth-order valence-electron chi connectivity index (χ4n) is 4.29. The van der Waals surface area contributed by atoms with Crippen LogP contribution in [-0.4, -0.2) is 27.8 Å². The minimum atomic E-state index is 0.0831. The second-order valence-corrected chi connectivity index (χ2v) is 8.43. The van der Waals surface area contributed by atoms with Crippen molar-refractivity contribution in [3.8, 4) is 5.88 Å². The van der Waals surface area contributed by atoms with Gasteiger partial charge in [0.15, 0.2) is 5.65 Å². The Hall–Kier alpha value is -3.67. The Bertz CT molecular complexity index is 1280. The molecule has 2 aromatic heterocycles. The van der Waals surface area contributed by atoms with E-state index in [1.54, 1.807) is 11.8 Å². The molecular formula is C27H30N4O2. The quantitative estimate of drug-likeness (QED) is 0.401. The number of nitrogens with zero attached hydrogens (tertiary/aromatic N) is 4. The van der Waals surface area contributed by atoms with E-state index in [9.17, 15) is 4.79 Å². The van der Waals surface area contributed by atoms with E-state index in [2.05, 4.69) is 31.1 Å². The number of carbonyl (C=O) groups excluding carboxylic acids is 1. The molecule has 6 nitrogen and oxygen atoms in total. The molecule has 0 saturated carbocycles. The van der Waals surface area contributed by atoms with Gasteiger partial charge in [-0.1, -0.05) is 48.0 Å². The number of rotatable bonds is 7. The summed E-state index contributed by atoms with van der Waals surface area (Å²) in [5.41, 5.74) is 7.03. The second kappa shape index (κ2) is 9.45. The molecule has 0 saturated heterocycles. The number of aryl methyl sites for hydroxylation is 4. The number of hydrogen-bond donors (Lipinski definition) is 0. The van der Waals surface area contributed by atoms with Gasteiger partial charge in [-0.2, -0.15) is 0 Å². The molecule has 4 aromatic rings. The molecule has 0 bridgehead atoms. The number of methoxy groups -OCH3 is 1. The highest BCUT2D eigenvalue weighted by Crippen LogP contribution is 2.31. The Labute approximate surface area is 194 Å². The van der Waals surface area contributed by atoms with Crippen molar-refractivity contribution in [3.63, 3.8) is 0 Å². The van der Waals surface area contributed by atoms with E-state index in [0.29, 0.717) is 25.3 Å². The van der Waals surface area contributed by atoms with Crippen LogP contribution < -0.4 is 9.64 Å². The van der Waals surface area contributed by atoms with Crippen LogP contribution >= 0.6 is 0 Å². The molecule has 0 N–H and O–H groups in total. The van der Waals surface area contributed by atoms with Crippen LogP contribution in [0.1, 0.15) is 34.4 Å². The van der Waals surface area contributed by atoms with Crippen LogP contribution in [0.2, 0.25) is 0 Å². The molecule has 1 amide bonds. The van der Waals surface area contributed by atoms with Crippen molar-refractivity contribution in [1.82, 2.24) is 14.8 Å². The number of carbonyl (C=O) groups is 1. The lowest BCUT2D eigenvalue weighted by Gasteiger charge is -2.24. The summed E-state index contributed by atoms with van der Waals surface area (Å²) in [5.74, 6) is 0.648. The van der Waals surface area contributed by atoms with Crippen molar-refractivity contribution in [2.24, 2.45) is 7.05 Å². The van der Waals surface area contributed by atoms with Gasteiger partial charge < -0.3 is 9.64 Å². The van der Waals surface area contributed by atoms with Crippen LogP contribution in [0.25, 0.3) is 11.0 Å². The van der Waals surface area contributed by atoms with Crippen LogP contribution in [0.15, 0.2) is 54.6 Å². The Balaban J connectivity index is 1.62. The third-order valence-corrected chi connectivity index (χ3v) is 6.14. The van der Waals surface area contributed by atoms with Gasteiger partial charge in [-0.15, -0.1) is 5.10 Å². The maximum Gasteiger partial charge on any atom is 0.242 e. The van der Waals surface area contributed by atoms with Crippen LogP contribution in [0.3, 0.4) is 0 Å². The fraction of sp³-hybridized carbons (Fsp3) is 0.296. The number of pyridine rings is 1. The summed E-state index contributed by atoms with van der Waals surface area (Å²) in [6.07, 6.45) is 0.993. The topological polar surface area (TPSA) is 60.2 Å². The molecule has 0 aliphatic heterocycles. The molecular weight excluding hydrogens is 412 g/mol. The average Bonchev–Trinajstić information content (AvgIpc) is 3.14. The zero-order valence-electron chi connectivity index (χ0n) is 19.9. The highest BCUT2D eigenvalue weighted by molar-refractivity contribution is 5.93. The summed E-state index contributed by atoms with van der Waals surface area (Å²) in [4.78, 5) is 20.1. The molecule has 0 spiro atoms. The number of aromatic nitrogens is 3. The monoisotopic (exact) mass is 442 g/mol. The SMILES string of the molecule is COc1nn(C)c2nc(C)c(CCC(=O)N(Cc3ccccc3)c3ccc(C)cc3)c(C)c12. The molecule has 6 heteroatoms. The van der Waals surface area contributed by atoms with Gasteiger partial charge in [-0.3, -0.25) is 4.79 Å². The average molecular weight is 443 g/mol. The van der Waals surface area contributed by atoms with Gasteiger partial charge in [0.05, 0.1) is 19.0 Å². The van der Waals surface area contributed by atoms with Crippen LogP contribution in [0, 0.1) is 20.8 Å². The standard InChI is InChI=1S/C27H30N4O2/c1-18-11-13-22(14-12-18)31(17-21-9-7-6-8-10-21)24(32)16-15-23-19(2)25-26(28-20(23)3)30(4)29-27(25)33-5/h6-14H,15-17H2,1-5H3. The Morgan fingerprint density at radius 3 is 2.39 bits per heavy atom. The number of amides is 1. The van der Waals surface area contributed by atoms with E-state index in [1.807, 2.05) is 61.3 Å². The van der Waals surface area contributed by atoms with E-state index < -0.39 is 0 Å². The van der Waals surface area contributed by atoms with Gasteiger partial charge in [0.25, 0.3) is 0 Å². The lowest BCUT2D eigenvalue weighted by atomic mass is 9.99. The first-order chi connectivity index (χ1) is 15.9. The third-order valence-electron chi connectivity index (χ3n) is 6.14. The van der Waals surface area contributed by atoms with Crippen LogP contribution in [0.5, 0.6) is 5.88 Å². The molecule has 0 fully saturated rings. The third kappa shape index (κ3) is 4.60. The van der Waals surface area contributed by atoms with Crippen molar-refractivity contribution in [2.75, 3.05) is 12.0 Å². The largest absolute Gasteiger partial charge is 0.479 e. The number of benzene rings is 2. The van der Waals surface area contributed by atoms with E-state index in [4.69, 9.17) is 9.72 Å². The van der Waals surface area contributed by atoms with E-state index in [1.165, 1.54) is 5.56 Å². The first kappa shape index (κ1) is 22.5. The summed E-state index contributed by atoms with van der Waals surface area (Å²) in [6, 6.07) is 18.2. The zero-order chi connectivity index (χ0) is 23.5. The lowest BCUT2D eigenvalue weighted by molar-refractivity contribution is -0.118. The zero-order valence-corrected chi connectivity index (χ0v) is 19.9. The molecule has 33 heavy (non-hydrogen) atoms. The molecule has 0 aliphatic rings. The molecule has 2 aromatic carbocycles. The first-order valence-corrected chi connectivity index (χ1v) is 11.2. The Kier molecular flexibility index (Phi) is 6.45. The molecule has 0 radical (unpaired) electrons. The lowest BCUT2D eigenvalue weighted by Crippen LogP contribution is -2.30. The van der Waals surface area contributed by atoms with Crippen molar-refractivity contribution in [3.05, 3.63) is 82.5 Å². The Morgan fingerprint density at radius 1 is 1.03 bits per heavy atom. The van der Waals surface area contributed by atoms with Gasteiger partial charge in [0, 0.05) is 24.8 Å². The van der Waals surface area contributed by atoms with Crippen molar-refractivity contribution < 1.29 is 9.53 Å². The van der Waals surface area contributed by atoms with Crippen LogP contribution in [0.4, 0.5) is 5.69 Å². The summed E-state index contributed by atoms with van der Waals surface area (Å²) in [5, 5.41) is 5.34. The van der Waals surface area contributed by atoms with Gasteiger partial charge in [0.2, 0.25) is 11.8 Å². The molecule has 170 valence electrons. The number of anilines is 1. The number of ether oxygens (including phenoxy) is 1. The molecule has 0 aliphatic carbocycles. The first-order valence-electron chi connectivity index (χ1n) is 11.2. The number of fused-ring (bicyclic) bond motifs is 1. The molecule has 4 rings (SSSR count). The minimum absolute atomic E-state index is 0.0831. The minimum Gasteiger partial charge on any atom is -0.479 e. The van der Waals surface area contributed by atoms with E-state index in [0.717, 1.165) is 39.1 Å². The smallest absolute Gasteiger partial charge is 0.242 e. The predicted octanol–water partition coefficient (Wildman–Crippen LogP) is 5.07. The highest BCUT2D eigenvalue weighted by atomic mass is 16.5. The molecule has 0 unspecified atom stereocenters.